The molecular weight excluding hydrogens is 367 g/mol. The number of para-hydroxylation sites is 3. The highest BCUT2D eigenvalue weighted by molar-refractivity contribution is 6.05. The maximum Gasteiger partial charge on any atom is 0.344 e. The average molecular weight is 386 g/mol. The molecule has 0 radical (unpaired) electrons. The number of nitrogens with zero attached hydrogens (tertiary/aromatic N) is 1. The molecule has 0 aliphatic carbocycles. The molecular formula is C20H19FN2O5. The second-order valence-electron chi connectivity index (χ2n) is 6.26. The number of carbonyl (C=O) groups excluding carboxylic acids is 3. The number of anilines is 2. The van der Waals surface area contributed by atoms with E-state index in [1.165, 1.54) is 23.1 Å². The number of esters is 1. The van der Waals surface area contributed by atoms with Crippen LogP contribution in [0.5, 0.6) is 5.75 Å². The molecule has 146 valence electrons. The fourth-order valence-electron chi connectivity index (χ4n) is 2.92. The number of halogens is 1. The Balaban J connectivity index is 1.61. The third kappa shape index (κ3) is 4.46. The van der Waals surface area contributed by atoms with Crippen LogP contribution >= 0.6 is 0 Å². The van der Waals surface area contributed by atoms with Gasteiger partial charge in [0, 0.05) is 12.5 Å². The first kappa shape index (κ1) is 19.3. The van der Waals surface area contributed by atoms with Gasteiger partial charge in [0.05, 0.1) is 11.4 Å². The van der Waals surface area contributed by atoms with Gasteiger partial charge in [-0.2, -0.15) is 0 Å². The number of hydrogen-bond donors (Lipinski definition) is 1. The van der Waals surface area contributed by atoms with E-state index in [-0.39, 0.29) is 18.1 Å². The van der Waals surface area contributed by atoms with Gasteiger partial charge in [0.1, 0.15) is 0 Å². The molecule has 1 aliphatic rings. The summed E-state index contributed by atoms with van der Waals surface area (Å²) in [4.78, 5) is 37.9. The summed E-state index contributed by atoms with van der Waals surface area (Å²) in [5, 5.41) is 2.75. The van der Waals surface area contributed by atoms with Crippen LogP contribution < -0.4 is 15.0 Å². The van der Waals surface area contributed by atoms with Crippen LogP contribution in [0.15, 0.2) is 48.5 Å². The van der Waals surface area contributed by atoms with Gasteiger partial charge in [0.15, 0.2) is 24.8 Å². The zero-order chi connectivity index (χ0) is 20.1. The Kier molecular flexibility index (Phi) is 5.88. The lowest BCUT2D eigenvalue weighted by Gasteiger charge is -2.27. The van der Waals surface area contributed by atoms with E-state index in [0.29, 0.717) is 11.4 Å². The summed E-state index contributed by atoms with van der Waals surface area (Å²) in [6.07, 6.45) is 0.116. The smallest absolute Gasteiger partial charge is 0.344 e. The normalized spacial score (nSPS) is 15.9. The number of fused-ring (bicyclic) bond motifs is 1. The summed E-state index contributed by atoms with van der Waals surface area (Å²) < 4.78 is 23.5. The number of nitrogens with one attached hydrogen (secondary N) is 1. The first-order valence-electron chi connectivity index (χ1n) is 8.69. The molecule has 0 saturated heterocycles. The molecule has 1 atom stereocenters. The SMILES string of the molecule is CC1CC(=O)Nc2ccccc2N1C(=O)COC(=O)COc1ccccc1F. The van der Waals surface area contributed by atoms with Crippen LogP contribution in [-0.2, 0) is 19.1 Å². The Morgan fingerprint density at radius 1 is 1.14 bits per heavy atom. The van der Waals surface area contributed by atoms with E-state index in [4.69, 9.17) is 9.47 Å². The maximum atomic E-state index is 13.5. The van der Waals surface area contributed by atoms with Crippen molar-refractivity contribution >= 4 is 29.2 Å². The van der Waals surface area contributed by atoms with Gasteiger partial charge in [-0.3, -0.25) is 9.59 Å². The van der Waals surface area contributed by atoms with Crippen molar-refractivity contribution in [2.24, 2.45) is 0 Å². The summed E-state index contributed by atoms with van der Waals surface area (Å²) in [5.74, 6) is -2.16. The Hall–Kier alpha value is -3.42. The van der Waals surface area contributed by atoms with E-state index < -0.39 is 36.9 Å². The second kappa shape index (κ2) is 8.51. The molecule has 0 bridgehead atoms. The highest BCUT2D eigenvalue weighted by Gasteiger charge is 2.30. The summed E-state index contributed by atoms with van der Waals surface area (Å²) in [6, 6.07) is 12.1. The summed E-state index contributed by atoms with van der Waals surface area (Å²) in [7, 11) is 0. The number of rotatable bonds is 5. The summed E-state index contributed by atoms with van der Waals surface area (Å²) >= 11 is 0. The number of amides is 2. The van der Waals surface area contributed by atoms with E-state index in [1.54, 1.807) is 37.3 Å². The molecule has 8 heteroatoms. The Labute approximate surface area is 161 Å². The molecule has 1 heterocycles. The number of ether oxygens (including phenoxy) is 2. The number of carbonyl (C=O) groups is 3. The Morgan fingerprint density at radius 3 is 2.64 bits per heavy atom. The van der Waals surface area contributed by atoms with Crippen molar-refractivity contribution in [3.8, 4) is 5.75 Å². The molecule has 0 fully saturated rings. The lowest BCUT2D eigenvalue weighted by Crippen LogP contribution is -2.41. The molecule has 0 aromatic heterocycles. The molecule has 2 amide bonds. The molecule has 7 nitrogen and oxygen atoms in total. The topological polar surface area (TPSA) is 84.9 Å². The highest BCUT2D eigenvalue weighted by atomic mass is 19.1. The van der Waals surface area contributed by atoms with Crippen LogP contribution in [0, 0.1) is 5.82 Å². The minimum Gasteiger partial charge on any atom is -0.479 e. The van der Waals surface area contributed by atoms with Crippen molar-refractivity contribution in [2.45, 2.75) is 19.4 Å². The third-order valence-electron chi connectivity index (χ3n) is 4.17. The van der Waals surface area contributed by atoms with Crippen molar-refractivity contribution in [1.82, 2.24) is 0 Å². The first-order chi connectivity index (χ1) is 13.5. The average Bonchev–Trinajstić information content (AvgIpc) is 2.79. The van der Waals surface area contributed by atoms with Gasteiger partial charge < -0.3 is 19.7 Å². The van der Waals surface area contributed by atoms with E-state index in [1.807, 2.05) is 0 Å². The molecule has 3 rings (SSSR count). The molecule has 1 aliphatic heterocycles. The Bertz CT molecular complexity index is 902. The zero-order valence-electron chi connectivity index (χ0n) is 15.2. The van der Waals surface area contributed by atoms with E-state index in [0.717, 1.165) is 0 Å². The predicted molar refractivity (Wildman–Crippen MR) is 99.5 cm³/mol. The standard InChI is InChI=1S/C20H19FN2O5/c1-13-10-18(24)22-15-7-3-4-8-16(15)23(13)19(25)11-28-20(26)12-27-17-9-5-2-6-14(17)21/h2-9,13H,10-12H2,1H3,(H,22,24). The maximum absolute atomic E-state index is 13.5. The van der Waals surface area contributed by atoms with Crippen LogP contribution in [0.2, 0.25) is 0 Å². The third-order valence-corrected chi connectivity index (χ3v) is 4.17. The van der Waals surface area contributed by atoms with E-state index in [2.05, 4.69) is 5.32 Å². The molecule has 2 aromatic rings. The van der Waals surface area contributed by atoms with Crippen LogP contribution in [0.3, 0.4) is 0 Å². The monoisotopic (exact) mass is 386 g/mol. The van der Waals surface area contributed by atoms with Gasteiger partial charge in [0.2, 0.25) is 5.91 Å². The van der Waals surface area contributed by atoms with Crippen molar-refractivity contribution in [3.05, 3.63) is 54.3 Å². The number of hydrogen-bond acceptors (Lipinski definition) is 5. The second-order valence-corrected chi connectivity index (χ2v) is 6.26. The van der Waals surface area contributed by atoms with Gasteiger partial charge >= 0.3 is 5.97 Å². The summed E-state index contributed by atoms with van der Waals surface area (Å²) in [5.41, 5.74) is 1.05. The first-order valence-corrected chi connectivity index (χ1v) is 8.69. The van der Waals surface area contributed by atoms with Crippen molar-refractivity contribution < 1.29 is 28.2 Å². The van der Waals surface area contributed by atoms with Crippen molar-refractivity contribution in [1.29, 1.82) is 0 Å². The van der Waals surface area contributed by atoms with Gasteiger partial charge in [0.25, 0.3) is 5.91 Å². The van der Waals surface area contributed by atoms with E-state index >= 15 is 0 Å². The van der Waals surface area contributed by atoms with Crippen LogP contribution in [0.1, 0.15) is 13.3 Å². The molecule has 2 aromatic carbocycles. The van der Waals surface area contributed by atoms with E-state index in [9.17, 15) is 18.8 Å². The number of benzene rings is 2. The minimum atomic E-state index is -0.804. The lowest BCUT2D eigenvalue weighted by atomic mass is 10.1. The zero-order valence-corrected chi connectivity index (χ0v) is 15.2. The van der Waals surface area contributed by atoms with Gasteiger partial charge in [-0.1, -0.05) is 24.3 Å². The lowest BCUT2D eigenvalue weighted by molar-refractivity contribution is -0.150. The molecule has 0 saturated carbocycles. The molecule has 1 unspecified atom stereocenters. The Morgan fingerprint density at radius 2 is 1.86 bits per heavy atom. The quantitative estimate of drug-likeness (QED) is 0.798. The van der Waals surface area contributed by atoms with Gasteiger partial charge in [-0.25, -0.2) is 9.18 Å². The molecule has 0 spiro atoms. The predicted octanol–water partition coefficient (Wildman–Crippen LogP) is 2.51. The molecule has 1 N–H and O–H groups in total. The van der Waals surface area contributed by atoms with Crippen LogP contribution in [0.4, 0.5) is 15.8 Å². The fraction of sp³-hybridized carbons (Fsp3) is 0.250. The minimum absolute atomic E-state index is 0.0783. The van der Waals surface area contributed by atoms with Crippen molar-refractivity contribution in [2.75, 3.05) is 23.4 Å². The summed E-state index contributed by atoms with van der Waals surface area (Å²) in [6.45, 7) is 0.690. The van der Waals surface area contributed by atoms with Crippen molar-refractivity contribution in [3.63, 3.8) is 0 Å². The molecule has 28 heavy (non-hydrogen) atoms. The largest absolute Gasteiger partial charge is 0.479 e. The highest BCUT2D eigenvalue weighted by Crippen LogP contribution is 2.31. The van der Waals surface area contributed by atoms with Crippen LogP contribution in [-0.4, -0.2) is 37.0 Å². The van der Waals surface area contributed by atoms with Gasteiger partial charge in [-0.15, -0.1) is 0 Å². The van der Waals surface area contributed by atoms with Crippen LogP contribution in [0.25, 0.3) is 0 Å². The fourth-order valence-corrected chi connectivity index (χ4v) is 2.92. The van der Waals surface area contributed by atoms with Gasteiger partial charge in [-0.05, 0) is 31.2 Å².